The van der Waals surface area contributed by atoms with E-state index in [1.807, 2.05) is 4.90 Å². The zero-order valence-electron chi connectivity index (χ0n) is 13.6. The van der Waals surface area contributed by atoms with E-state index in [-0.39, 0.29) is 30.0 Å². The number of carboxylic acid groups (broad SMARTS) is 2. The second-order valence-electron chi connectivity index (χ2n) is 6.65. The highest BCUT2D eigenvalue weighted by Gasteiger charge is 2.37. The van der Waals surface area contributed by atoms with E-state index in [1.54, 1.807) is 0 Å². The molecule has 2 fully saturated rings. The Labute approximate surface area is 144 Å². The number of aromatic nitrogens is 2. The molecular formula is C16H20N4O5. The maximum atomic E-state index is 12.1. The Balaban J connectivity index is 1.49. The predicted molar refractivity (Wildman–Crippen MR) is 85.2 cm³/mol. The van der Waals surface area contributed by atoms with Gasteiger partial charge in [-0.1, -0.05) is 0 Å². The number of nitrogens with one attached hydrogen (secondary N) is 1. The molecule has 3 rings (SSSR count). The molecule has 3 N–H and O–H groups in total. The number of rotatable bonds is 8. The van der Waals surface area contributed by atoms with Gasteiger partial charge in [0.15, 0.2) is 5.69 Å². The van der Waals surface area contributed by atoms with Crippen molar-refractivity contribution in [3.05, 3.63) is 23.8 Å². The lowest BCUT2D eigenvalue weighted by molar-refractivity contribution is -0.139. The van der Waals surface area contributed by atoms with Gasteiger partial charge in [0.2, 0.25) is 0 Å². The molecule has 1 aromatic rings. The summed E-state index contributed by atoms with van der Waals surface area (Å²) in [5.41, 5.74) is -0.154. The fourth-order valence-corrected chi connectivity index (χ4v) is 2.97. The summed E-state index contributed by atoms with van der Waals surface area (Å²) >= 11 is 0. The summed E-state index contributed by atoms with van der Waals surface area (Å²) in [6.45, 7) is 0.837. The summed E-state index contributed by atoms with van der Waals surface area (Å²) in [4.78, 5) is 43.3. The predicted octanol–water partition coefficient (Wildman–Crippen LogP) is 0.232. The van der Waals surface area contributed by atoms with Crippen LogP contribution < -0.4 is 5.32 Å². The van der Waals surface area contributed by atoms with Crippen LogP contribution in [0.25, 0.3) is 0 Å². The number of nitrogens with zero attached hydrogens (tertiary/aromatic N) is 3. The second kappa shape index (κ2) is 7.14. The van der Waals surface area contributed by atoms with Crippen molar-refractivity contribution in [3.63, 3.8) is 0 Å². The van der Waals surface area contributed by atoms with Crippen LogP contribution in [0.15, 0.2) is 12.4 Å². The van der Waals surface area contributed by atoms with Crippen molar-refractivity contribution >= 4 is 17.8 Å². The molecule has 0 unspecified atom stereocenters. The molecule has 25 heavy (non-hydrogen) atoms. The summed E-state index contributed by atoms with van der Waals surface area (Å²) < 4.78 is 0. The Morgan fingerprint density at radius 2 is 1.76 bits per heavy atom. The summed E-state index contributed by atoms with van der Waals surface area (Å²) in [5.74, 6) is -1.83. The zero-order chi connectivity index (χ0) is 18.0. The number of hydrogen-bond acceptors (Lipinski definition) is 6. The van der Waals surface area contributed by atoms with E-state index in [0.29, 0.717) is 18.8 Å². The van der Waals surface area contributed by atoms with Crippen molar-refractivity contribution in [2.45, 2.75) is 37.8 Å². The summed E-state index contributed by atoms with van der Waals surface area (Å²) in [6, 6.07) is 0.136. The van der Waals surface area contributed by atoms with Crippen LogP contribution >= 0.6 is 0 Å². The average Bonchev–Trinajstić information content (AvgIpc) is 3.33. The maximum Gasteiger partial charge on any atom is 0.356 e. The van der Waals surface area contributed by atoms with Crippen molar-refractivity contribution in [1.29, 1.82) is 0 Å². The Hall–Kier alpha value is -2.55. The topological polar surface area (TPSA) is 133 Å². The van der Waals surface area contributed by atoms with Crippen LogP contribution in [0.4, 0.5) is 0 Å². The lowest BCUT2D eigenvalue weighted by Gasteiger charge is -2.42. The largest absolute Gasteiger partial charge is 0.480 e. The van der Waals surface area contributed by atoms with Gasteiger partial charge in [0.05, 0.1) is 18.9 Å². The molecule has 9 heteroatoms. The van der Waals surface area contributed by atoms with Crippen LogP contribution in [0.5, 0.6) is 0 Å². The molecule has 0 aliphatic heterocycles. The van der Waals surface area contributed by atoms with Crippen LogP contribution in [0.1, 0.15) is 46.7 Å². The fraction of sp³-hybridized carbons (Fsp3) is 0.562. The Morgan fingerprint density at radius 3 is 2.28 bits per heavy atom. The molecule has 0 radical (unpaired) electrons. The standard InChI is InChI=1S/C16H20N4O5/c21-14(22)8-20(7-9-1-2-9)11-3-10(4-11)19-15(23)12-5-18-13(6-17-12)16(24)25/h5-6,9-11H,1-4,7-8H2,(H,19,23)(H,21,22)(H,24,25). The van der Waals surface area contributed by atoms with Gasteiger partial charge in [-0.25, -0.2) is 14.8 Å². The van der Waals surface area contributed by atoms with E-state index in [2.05, 4.69) is 15.3 Å². The van der Waals surface area contributed by atoms with E-state index in [0.717, 1.165) is 31.8 Å². The average molecular weight is 348 g/mol. The van der Waals surface area contributed by atoms with Crippen LogP contribution in [0.3, 0.4) is 0 Å². The Morgan fingerprint density at radius 1 is 1.12 bits per heavy atom. The number of carboxylic acids is 2. The van der Waals surface area contributed by atoms with Gasteiger partial charge in [0.25, 0.3) is 5.91 Å². The normalized spacial score (nSPS) is 22.3. The lowest BCUT2D eigenvalue weighted by Crippen LogP contribution is -2.55. The minimum atomic E-state index is -1.20. The fourth-order valence-electron chi connectivity index (χ4n) is 2.97. The smallest absolute Gasteiger partial charge is 0.356 e. The van der Waals surface area contributed by atoms with E-state index in [9.17, 15) is 14.4 Å². The van der Waals surface area contributed by atoms with Crippen molar-refractivity contribution in [2.75, 3.05) is 13.1 Å². The van der Waals surface area contributed by atoms with Gasteiger partial charge in [0.1, 0.15) is 5.69 Å². The van der Waals surface area contributed by atoms with Gasteiger partial charge in [-0.3, -0.25) is 14.5 Å². The van der Waals surface area contributed by atoms with Crippen molar-refractivity contribution in [1.82, 2.24) is 20.2 Å². The molecule has 1 aromatic heterocycles. The number of carbonyl (C=O) groups is 3. The molecule has 0 atom stereocenters. The van der Waals surface area contributed by atoms with Crippen LogP contribution in [-0.4, -0.2) is 68.1 Å². The molecule has 0 saturated heterocycles. The zero-order valence-corrected chi connectivity index (χ0v) is 13.6. The molecule has 1 heterocycles. The van der Waals surface area contributed by atoms with Crippen molar-refractivity contribution in [3.8, 4) is 0 Å². The molecule has 2 aliphatic carbocycles. The van der Waals surface area contributed by atoms with Crippen LogP contribution in [-0.2, 0) is 4.79 Å². The van der Waals surface area contributed by atoms with Gasteiger partial charge in [-0.2, -0.15) is 0 Å². The summed E-state index contributed by atoms with van der Waals surface area (Å²) in [7, 11) is 0. The first-order chi connectivity index (χ1) is 11.9. The third-order valence-corrected chi connectivity index (χ3v) is 4.60. The van der Waals surface area contributed by atoms with E-state index >= 15 is 0 Å². The van der Waals surface area contributed by atoms with Gasteiger partial charge in [-0.05, 0) is 31.6 Å². The maximum absolute atomic E-state index is 12.1. The summed E-state index contributed by atoms with van der Waals surface area (Å²) in [6.07, 6.45) is 5.91. The van der Waals surface area contributed by atoms with Crippen molar-refractivity contribution in [2.24, 2.45) is 5.92 Å². The van der Waals surface area contributed by atoms with Crippen LogP contribution in [0, 0.1) is 5.92 Å². The number of hydrogen-bond donors (Lipinski definition) is 3. The molecule has 0 bridgehead atoms. The van der Waals surface area contributed by atoms with E-state index in [4.69, 9.17) is 10.2 Å². The molecule has 2 aliphatic rings. The Bertz CT molecular complexity index is 668. The molecule has 9 nitrogen and oxygen atoms in total. The number of carbonyl (C=O) groups excluding carboxylic acids is 1. The first-order valence-electron chi connectivity index (χ1n) is 8.24. The van der Waals surface area contributed by atoms with Crippen molar-refractivity contribution < 1.29 is 24.6 Å². The molecule has 1 amide bonds. The van der Waals surface area contributed by atoms with Gasteiger partial charge >= 0.3 is 11.9 Å². The number of amides is 1. The summed E-state index contributed by atoms with van der Waals surface area (Å²) in [5, 5.41) is 20.6. The highest BCUT2D eigenvalue weighted by molar-refractivity contribution is 5.93. The SMILES string of the molecule is O=C(O)CN(CC1CC1)C1CC(NC(=O)c2cnc(C(=O)O)cn2)C1. The first-order valence-corrected chi connectivity index (χ1v) is 8.24. The first kappa shape index (κ1) is 17.3. The minimum Gasteiger partial charge on any atom is -0.480 e. The van der Waals surface area contributed by atoms with Crippen LogP contribution in [0.2, 0.25) is 0 Å². The van der Waals surface area contributed by atoms with E-state index < -0.39 is 17.8 Å². The highest BCUT2D eigenvalue weighted by Crippen LogP contribution is 2.33. The number of aromatic carboxylic acids is 1. The van der Waals surface area contributed by atoms with Gasteiger partial charge in [-0.15, -0.1) is 0 Å². The molecule has 0 aromatic carbocycles. The van der Waals surface area contributed by atoms with Gasteiger partial charge < -0.3 is 15.5 Å². The lowest BCUT2D eigenvalue weighted by atomic mass is 9.85. The monoisotopic (exact) mass is 348 g/mol. The Kier molecular flexibility index (Phi) is 4.93. The molecule has 134 valence electrons. The molecule has 0 spiro atoms. The van der Waals surface area contributed by atoms with Gasteiger partial charge in [0, 0.05) is 18.6 Å². The minimum absolute atomic E-state index is 0.0317. The molecule has 2 saturated carbocycles. The molecular weight excluding hydrogens is 328 g/mol. The van der Waals surface area contributed by atoms with E-state index in [1.165, 1.54) is 0 Å². The third kappa shape index (κ3) is 4.50. The number of aliphatic carboxylic acids is 1. The highest BCUT2D eigenvalue weighted by atomic mass is 16.4. The third-order valence-electron chi connectivity index (χ3n) is 4.60. The quantitative estimate of drug-likeness (QED) is 0.608. The second-order valence-corrected chi connectivity index (χ2v) is 6.65.